The number of piperazine rings is 1. The molecule has 22 heavy (non-hydrogen) atoms. The van der Waals surface area contributed by atoms with Gasteiger partial charge in [-0.3, -0.25) is 9.78 Å². The number of carbonyl (C=O) groups excluding carboxylic acids is 1. The molecule has 6 nitrogen and oxygen atoms in total. The fourth-order valence-corrected chi connectivity index (χ4v) is 3.02. The van der Waals surface area contributed by atoms with Crippen molar-refractivity contribution in [1.82, 2.24) is 19.9 Å². The zero-order chi connectivity index (χ0) is 15.4. The number of pyridine rings is 1. The first-order valence-electron chi connectivity index (χ1n) is 7.09. The van der Waals surface area contributed by atoms with E-state index in [1.54, 1.807) is 24.8 Å². The molecule has 0 atom stereocenters. The van der Waals surface area contributed by atoms with Gasteiger partial charge in [-0.1, -0.05) is 0 Å². The molecular weight excluding hydrogens is 298 g/mol. The molecule has 7 heteroatoms. The number of anilines is 1. The number of nitrogens with zero attached hydrogens (tertiary/aromatic N) is 5. The van der Waals surface area contributed by atoms with Gasteiger partial charge in [0.25, 0.3) is 5.91 Å². The highest BCUT2D eigenvalue weighted by Crippen LogP contribution is 2.20. The van der Waals surface area contributed by atoms with Crippen LogP contribution in [0.3, 0.4) is 0 Å². The summed E-state index contributed by atoms with van der Waals surface area (Å²) in [7, 11) is 0. The van der Waals surface area contributed by atoms with Gasteiger partial charge in [0.2, 0.25) is 0 Å². The Labute approximate surface area is 133 Å². The summed E-state index contributed by atoms with van der Waals surface area (Å²) in [5.41, 5.74) is 0.683. The summed E-state index contributed by atoms with van der Waals surface area (Å²) in [4.78, 5) is 29.3. The van der Waals surface area contributed by atoms with E-state index in [0.717, 1.165) is 23.9 Å². The summed E-state index contributed by atoms with van der Waals surface area (Å²) in [6, 6.07) is 3.65. The Balaban J connectivity index is 1.67. The number of hydrogen-bond donors (Lipinski definition) is 0. The summed E-state index contributed by atoms with van der Waals surface area (Å²) in [6.45, 7) is 2.88. The van der Waals surface area contributed by atoms with E-state index in [9.17, 15) is 4.79 Å². The first-order valence-corrected chi connectivity index (χ1v) is 8.31. The van der Waals surface area contributed by atoms with Crippen LogP contribution in [0.2, 0.25) is 0 Å². The summed E-state index contributed by atoms with van der Waals surface area (Å²) in [6.07, 6.45) is 8.76. The third-order valence-corrected chi connectivity index (χ3v) is 4.35. The molecule has 0 saturated carbocycles. The van der Waals surface area contributed by atoms with Gasteiger partial charge in [0.15, 0.2) is 0 Å². The van der Waals surface area contributed by atoms with Crippen LogP contribution in [0.15, 0.2) is 41.9 Å². The topological polar surface area (TPSA) is 62.2 Å². The van der Waals surface area contributed by atoms with E-state index in [0.29, 0.717) is 18.7 Å². The van der Waals surface area contributed by atoms with Gasteiger partial charge in [0.1, 0.15) is 10.8 Å². The van der Waals surface area contributed by atoms with E-state index in [2.05, 4.69) is 19.9 Å². The van der Waals surface area contributed by atoms with E-state index in [1.807, 2.05) is 23.3 Å². The first-order chi connectivity index (χ1) is 10.8. The molecule has 0 bridgehead atoms. The van der Waals surface area contributed by atoms with Gasteiger partial charge in [-0.15, -0.1) is 11.8 Å². The van der Waals surface area contributed by atoms with Gasteiger partial charge in [-0.05, 0) is 18.4 Å². The molecule has 0 spiro atoms. The number of aromatic nitrogens is 3. The van der Waals surface area contributed by atoms with Gasteiger partial charge in [0, 0.05) is 44.8 Å². The second kappa shape index (κ2) is 6.74. The molecule has 2 aromatic rings. The van der Waals surface area contributed by atoms with E-state index in [1.165, 1.54) is 11.8 Å². The highest BCUT2D eigenvalue weighted by molar-refractivity contribution is 7.98. The number of hydrogen-bond acceptors (Lipinski definition) is 6. The lowest BCUT2D eigenvalue weighted by molar-refractivity contribution is 0.0742. The Morgan fingerprint density at radius 1 is 1.14 bits per heavy atom. The van der Waals surface area contributed by atoms with Crippen molar-refractivity contribution < 1.29 is 4.79 Å². The lowest BCUT2D eigenvalue weighted by Crippen LogP contribution is -2.49. The molecule has 3 heterocycles. The average molecular weight is 315 g/mol. The van der Waals surface area contributed by atoms with Gasteiger partial charge in [-0.2, -0.15) is 0 Å². The predicted molar refractivity (Wildman–Crippen MR) is 86.2 cm³/mol. The number of thioether (sulfide) groups is 1. The van der Waals surface area contributed by atoms with Crippen LogP contribution in [-0.2, 0) is 0 Å². The smallest absolute Gasteiger partial charge is 0.256 e. The van der Waals surface area contributed by atoms with Crippen molar-refractivity contribution in [3.05, 3.63) is 42.5 Å². The van der Waals surface area contributed by atoms with Gasteiger partial charge >= 0.3 is 0 Å². The fourth-order valence-electron chi connectivity index (χ4n) is 2.48. The molecule has 2 aromatic heterocycles. The second-order valence-electron chi connectivity index (χ2n) is 4.90. The molecule has 1 fully saturated rings. The Kier molecular flexibility index (Phi) is 4.53. The van der Waals surface area contributed by atoms with Crippen molar-refractivity contribution >= 4 is 23.5 Å². The summed E-state index contributed by atoms with van der Waals surface area (Å²) in [5.74, 6) is 0.914. The standard InChI is InChI=1S/C15H17N5OS/c1-22-14-12(3-2-4-18-14)15(21)20-9-7-19(8-10-20)13-11-16-5-6-17-13/h2-6,11H,7-10H2,1H3. The molecule has 0 unspecified atom stereocenters. The molecule has 0 aliphatic carbocycles. The lowest BCUT2D eigenvalue weighted by Gasteiger charge is -2.35. The molecule has 1 aliphatic rings. The lowest BCUT2D eigenvalue weighted by atomic mass is 10.2. The van der Waals surface area contributed by atoms with Crippen LogP contribution in [-0.4, -0.2) is 58.2 Å². The van der Waals surface area contributed by atoms with Crippen LogP contribution < -0.4 is 4.90 Å². The normalized spacial score (nSPS) is 15.0. The van der Waals surface area contributed by atoms with Crippen molar-refractivity contribution in [1.29, 1.82) is 0 Å². The molecule has 1 saturated heterocycles. The van der Waals surface area contributed by atoms with Crippen LogP contribution in [0.25, 0.3) is 0 Å². The maximum Gasteiger partial charge on any atom is 0.256 e. The van der Waals surface area contributed by atoms with Crippen molar-refractivity contribution in [3.8, 4) is 0 Å². The Morgan fingerprint density at radius 2 is 1.95 bits per heavy atom. The number of rotatable bonds is 3. The summed E-state index contributed by atoms with van der Waals surface area (Å²) in [5, 5.41) is 0.781. The number of carbonyl (C=O) groups is 1. The van der Waals surface area contributed by atoms with Crippen LogP contribution in [0.1, 0.15) is 10.4 Å². The minimum absolute atomic E-state index is 0.0521. The average Bonchev–Trinajstić information content (AvgIpc) is 2.62. The zero-order valence-electron chi connectivity index (χ0n) is 12.3. The molecular formula is C15H17N5OS. The largest absolute Gasteiger partial charge is 0.352 e. The molecule has 1 aliphatic heterocycles. The third-order valence-electron chi connectivity index (χ3n) is 3.64. The Hall–Kier alpha value is -2.15. The molecule has 0 aromatic carbocycles. The predicted octanol–water partition coefficient (Wildman–Crippen LogP) is 1.56. The van der Waals surface area contributed by atoms with Crippen molar-refractivity contribution in [2.45, 2.75) is 5.03 Å². The summed E-state index contributed by atoms with van der Waals surface area (Å²) < 4.78 is 0. The van der Waals surface area contributed by atoms with E-state index >= 15 is 0 Å². The SMILES string of the molecule is CSc1ncccc1C(=O)N1CCN(c2cnccn2)CC1. The minimum atomic E-state index is 0.0521. The van der Waals surface area contributed by atoms with Crippen molar-refractivity contribution in [2.75, 3.05) is 37.3 Å². The highest BCUT2D eigenvalue weighted by Gasteiger charge is 2.24. The van der Waals surface area contributed by atoms with E-state index in [4.69, 9.17) is 0 Å². The van der Waals surface area contributed by atoms with E-state index < -0.39 is 0 Å². The maximum atomic E-state index is 12.6. The zero-order valence-corrected chi connectivity index (χ0v) is 13.2. The van der Waals surface area contributed by atoms with Crippen LogP contribution in [0.5, 0.6) is 0 Å². The Morgan fingerprint density at radius 3 is 2.64 bits per heavy atom. The monoisotopic (exact) mass is 315 g/mol. The maximum absolute atomic E-state index is 12.6. The van der Waals surface area contributed by atoms with Crippen molar-refractivity contribution in [3.63, 3.8) is 0 Å². The van der Waals surface area contributed by atoms with Crippen LogP contribution in [0, 0.1) is 0 Å². The van der Waals surface area contributed by atoms with Crippen LogP contribution >= 0.6 is 11.8 Å². The highest BCUT2D eigenvalue weighted by atomic mass is 32.2. The fraction of sp³-hybridized carbons (Fsp3) is 0.333. The van der Waals surface area contributed by atoms with Gasteiger partial charge in [0.05, 0.1) is 11.8 Å². The minimum Gasteiger partial charge on any atom is -0.352 e. The molecule has 114 valence electrons. The quantitative estimate of drug-likeness (QED) is 0.801. The van der Waals surface area contributed by atoms with Crippen molar-refractivity contribution in [2.24, 2.45) is 0 Å². The first kappa shape index (κ1) is 14.8. The summed E-state index contributed by atoms with van der Waals surface area (Å²) >= 11 is 1.50. The molecule has 3 rings (SSSR count). The van der Waals surface area contributed by atoms with Crippen LogP contribution in [0.4, 0.5) is 5.82 Å². The Bertz CT molecular complexity index is 643. The number of amides is 1. The van der Waals surface area contributed by atoms with Gasteiger partial charge < -0.3 is 9.80 Å². The molecule has 1 amide bonds. The molecule has 0 N–H and O–H groups in total. The van der Waals surface area contributed by atoms with Gasteiger partial charge in [-0.25, -0.2) is 9.97 Å². The third kappa shape index (κ3) is 3.04. The van der Waals surface area contributed by atoms with E-state index in [-0.39, 0.29) is 5.91 Å². The second-order valence-corrected chi connectivity index (χ2v) is 5.70. The molecule has 0 radical (unpaired) electrons.